The molecule has 1 aliphatic heterocycles. The van der Waals surface area contributed by atoms with Crippen molar-refractivity contribution in [1.82, 2.24) is 30.2 Å². The first-order valence-electron chi connectivity index (χ1n) is 11.0. The van der Waals surface area contributed by atoms with Crippen molar-refractivity contribution in [2.24, 2.45) is 0 Å². The van der Waals surface area contributed by atoms with Crippen molar-refractivity contribution in [1.29, 1.82) is 0 Å². The maximum atomic E-state index is 13.9. The first-order chi connectivity index (χ1) is 16.7. The van der Waals surface area contributed by atoms with Gasteiger partial charge in [0.05, 0.1) is 31.6 Å². The van der Waals surface area contributed by atoms with Crippen LogP contribution in [0.2, 0.25) is 0 Å². The molecule has 1 unspecified atom stereocenters. The summed E-state index contributed by atoms with van der Waals surface area (Å²) in [5, 5.41) is 13.7. The summed E-state index contributed by atoms with van der Waals surface area (Å²) in [6, 6.07) is 10.2. The highest BCUT2D eigenvalue weighted by atomic mass is 19.4. The van der Waals surface area contributed by atoms with Gasteiger partial charge in [-0.25, -0.2) is 4.68 Å². The molecule has 1 N–H and O–H groups in total. The van der Waals surface area contributed by atoms with Crippen LogP contribution >= 0.6 is 0 Å². The van der Waals surface area contributed by atoms with Crippen LogP contribution in [0.25, 0.3) is 5.82 Å². The molecule has 1 fully saturated rings. The van der Waals surface area contributed by atoms with E-state index in [2.05, 4.69) is 25.5 Å². The largest absolute Gasteiger partial charge is 0.480 e. The summed E-state index contributed by atoms with van der Waals surface area (Å²) < 4.78 is 52.6. The lowest BCUT2D eigenvalue weighted by Gasteiger charge is -2.31. The molecule has 1 amide bonds. The number of methoxy groups -OCH3 is 1. The number of carbonyl (C=O) groups excluding carboxylic acids is 1. The quantitative estimate of drug-likeness (QED) is 0.544. The molecular formula is C23H25F3N6O3. The number of nitrogens with zero attached hydrogens (tertiary/aromatic N) is 5. The third-order valence-corrected chi connectivity index (χ3v) is 5.51. The summed E-state index contributed by atoms with van der Waals surface area (Å²) in [6.07, 6.45) is -3.81. The van der Waals surface area contributed by atoms with E-state index >= 15 is 0 Å². The number of amides is 1. The highest BCUT2D eigenvalue weighted by Gasteiger charge is 2.41. The molecule has 0 aliphatic carbocycles. The number of morpholine rings is 1. The van der Waals surface area contributed by atoms with Gasteiger partial charge in [-0.05, 0) is 24.1 Å². The van der Waals surface area contributed by atoms with Crippen LogP contribution in [0, 0.1) is 0 Å². The summed E-state index contributed by atoms with van der Waals surface area (Å²) in [5.41, 5.74) is -0.00918. The zero-order chi connectivity index (χ0) is 25.0. The van der Waals surface area contributed by atoms with Crippen LogP contribution in [0.3, 0.4) is 0 Å². The topological polar surface area (TPSA) is 94.4 Å². The average molecular weight is 490 g/mol. The first kappa shape index (κ1) is 24.6. The first-order valence-corrected chi connectivity index (χ1v) is 11.0. The Bertz CT molecular complexity index is 1170. The molecule has 0 bridgehead atoms. The Labute approximate surface area is 199 Å². The van der Waals surface area contributed by atoms with Gasteiger partial charge in [0.2, 0.25) is 5.88 Å². The van der Waals surface area contributed by atoms with Crippen LogP contribution < -0.4 is 10.1 Å². The van der Waals surface area contributed by atoms with Crippen molar-refractivity contribution in [3.63, 3.8) is 0 Å². The Morgan fingerprint density at radius 2 is 2.03 bits per heavy atom. The number of carbonyl (C=O) groups is 1. The number of alkyl halides is 3. The summed E-state index contributed by atoms with van der Waals surface area (Å²) in [4.78, 5) is 15.0. The summed E-state index contributed by atoms with van der Waals surface area (Å²) in [5.74, 6) is -0.947. The fourth-order valence-electron chi connectivity index (χ4n) is 3.90. The smallest absolute Gasteiger partial charge is 0.434 e. The van der Waals surface area contributed by atoms with Crippen LogP contribution in [-0.4, -0.2) is 63.7 Å². The van der Waals surface area contributed by atoms with E-state index in [-0.39, 0.29) is 24.3 Å². The molecule has 1 saturated heterocycles. The third kappa shape index (κ3) is 5.95. The van der Waals surface area contributed by atoms with Gasteiger partial charge in [-0.2, -0.15) is 18.3 Å². The fourth-order valence-corrected chi connectivity index (χ4v) is 3.90. The van der Waals surface area contributed by atoms with E-state index in [4.69, 9.17) is 9.47 Å². The monoisotopic (exact) mass is 490 g/mol. The van der Waals surface area contributed by atoms with Crippen LogP contribution in [-0.2, 0) is 24.0 Å². The van der Waals surface area contributed by atoms with Crippen molar-refractivity contribution in [2.75, 3.05) is 26.8 Å². The van der Waals surface area contributed by atoms with Gasteiger partial charge in [0, 0.05) is 32.2 Å². The van der Waals surface area contributed by atoms with Crippen LogP contribution in [0.4, 0.5) is 13.2 Å². The number of nitrogens with one attached hydrogen (secondary N) is 1. The Morgan fingerprint density at radius 3 is 2.71 bits per heavy atom. The Morgan fingerprint density at radius 1 is 1.23 bits per heavy atom. The lowest BCUT2D eigenvalue weighted by Crippen LogP contribution is -2.40. The molecule has 186 valence electrons. The molecule has 3 heterocycles. The molecule has 35 heavy (non-hydrogen) atoms. The predicted octanol–water partition coefficient (Wildman–Crippen LogP) is 2.84. The fraction of sp³-hybridized carbons (Fsp3) is 0.391. The second-order valence-corrected chi connectivity index (χ2v) is 8.17. The van der Waals surface area contributed by atoms with E-state index in [1.54, 1.807) is 0 Å². The van der Waals surface area contributed by atoms with E-state index in [0.717, 1.165) is 37.0 Å². The highest BCUT2D eigenvalue weighted by molar-refractivity contribution is 5.95. The van der Waals surface area contributed by atoms with Gasteiger partial charge in [-0.15, -0.1) is 10.2 Å². The van der Waals surface area contributed by atoms with E-state index in [1.165, 1.54) is 19.2 Å². The third-order valence-electron chi connectivity index (χ3n) is 5.51. The van der Waals surface area contributed by atoms with E-state index in [1.807, 2.05) is 31.2 Å². The minimum absolute atomic E-state index is 0.0665. The molecule has 9 nitrogen and oxygen atoms in total. The number of hydrogen-bond donors (Lipinski definition) is 1. The molecule has 0 radical (unpaired) electrons. The lowest BCUT2D eigenvalue weighted by atomic mass is 10.1. The van der Waals surface area contributed by atoms with E-state index < -0.39 is 23.3 Å². The molecule has 2 aromatic heterocycles. The number of rotatable bonds is 7. The summed E-state index contributed by atoms with van der Waals surface area (Å²) in [7, 11) is 1.36. The molecular weight excluding hydrogens is 465 g/mol. The van der Waals surface area contributed by atoms with Crippen LogP contribution in [0.1, 0.15) is 34.1 Å². The zero-order valence-corrected chi connectivity index (χ0v) is 19.2. The SMILES string of the molecule is COc1ccc(-n2ncc(C(=O)NCc3cccc(CN4CCOC(C)C4)c3)c2C(F)(F)F)nn1. The second-order valence-electron chi connectivity index (χ2n) is 8.17. The van der Waals surface area contributed by atoms with Gasteiger partial charge in [0.25, 0.3) is 5.91 Å². The molecule has 0 saturated carbocycles. The molecule has 3 aromatic rings. The van der Waals surface area contributed by atoms with Gasteiger partial charge < -0.3 is 14.8 Å². The normalized spacial score (nSPS) is 16.8. The number of aromatic nitrogens is 4. The predicted molar refractivity (Wildman–Crippen MR) is 119 cm³/mol. The van der Waals surface area contributed by atoms with Crippen molar-refractivity contribution < 1.29 is 27.4 Å². The minimum Gasteiger partial charge on any atom is -0.480 e. The van der Waals surface area contributed by atoms with E-state index in [9.17, 15) is 18.0 Å². The Balaban J connectivity index is 1.48. The van der Waals surface area contributed by atoms with Gasteiger partial charge in [0.1, 0.15) is 0 Å². The maximum absolute atomic E-state index is 13.9. The van der Waals surface area contributed by atoms with Crippen LogP contribution in [0.5, 0.6) is 5.88 Å². The average Bonchev–Trinajstić information content (AvgIpc) is 3.29. The lowest BCUT2D eigenvalue weighted by molar-refractivity contribution is -0.143. The summed E-state index contributed by atoms with van der Waals surface area (Å²) in [6.45, 7) is 5.14. The molecule has 1 aliphatic rings. The van der Waals surface area contributed by atoms with Gasteiger partial charge in [-0.3, -0.25) is 9.69 Å². The van der Waals surface area contributed by atoms with Gasteiger partial charge in [-0.1, -0.05) is 24.3 Å². The van der Waals surface area contributed by atoms with Crippen molar-refractivity contribution in [2.45, 2.75) is 32.3 Å². The number of ether oxygens (including phenoxy) is 2. The second kappa shape index (κ2) is 10.4. The summed E-state index contributed by atoms with van der Waals surface area (Å²) >= 11 is 0. The number of hydrogen-bond acceptors (Lipinski definition) is 7. The van der Waals surface area contributed by atoms with Crippen molar-refractivity contribution >= 4 is 5.91 Å². The molecule has 1 atom stereocenters. The zero-order valence-electron chi connectivity index (χ0n) is 19.2. The number of benzene rings is 1. The molecule has 1 aromatic carbocycles. The standard InChI is InChI=1S/C23H25F3N6O3/c1-15-13-31(8-9-35-15)14-17-5-3-4-16(10-17)11-27-22(33)18-12-28-32(21(18)23(24,25)26)19-6-7-20(34-2)30-29-19/h3-7,10,12,15H,8-9,11,13-14H2,1-2H3,(H,27,33). The Kier molecular flexibility index (Phi) is 7.31. The Hall–Kier alpha value is -3.51. The maximum Gasteiger partial charge on any atom is 0.434 e. The van der Waals surface area contributed by atoms with Crippen molar-refractivity contribution in [3.8, 4) is 11.7 Å². The van der Waals surface area contributed by atoms with Crippen molar-refractivity contribution in [3.05, 3.63) is 65.0 Å². The van der Waals surface area contributed by atoms with Gasteiger partial charge in [0.15, 0.2) is 11.5 Å². The van der Waals surface area contributed by atoms with Gasteiger partial charge >= 0.3 is 6.18 Å². The van der Waals surface area contributed by atoms with E-state index in [0.29, 0.717) is 11.3 Å². The minimum atomic E-state index is -4.85. The molecule has 4 rings (SSSR count). The molecule has 0 spiro atoms. The highest BCUT2D eigenvalue weighted by Crippen LogP contribution is 2.33. The number of halogens is 3. The van der Waals surface area contributed by atoms with Crippen LogP contribution in [0.15, 0.2) is 42.6 Å². The molecule has 12 heteroatoms.